The molecule has 0 spiro atoms. The number of halogens is 1. The Kier molecular flexibility index (Phi) is 4.13. The van der Waals surface area contributed by atoms with Crippen LogP contribution in [0, 0.1) is 11.7 Å². The van der Waals surface area contributed by atoms with E-state index >= 15 is 0 Å². The lowest BCUT2D eigenvalue weighted by atomic mass is 9.81. The summed E-state index contributed by atoms with van der Waals surface area (Å²) in [5.74, 6) is 0.442. The summed E-state index contributed by atoms with van der Waals surface area (Å²) in [5.41, 5.74) is 1.15. The maximum Gasteiger partial charge on any atom is 0.123 e. The first-order valence-corrected chi connectivity index (χ1v) is 6.33. The second-order valence-corrected chi connectivity index (χ2v) is 4.78. The molecular formula is C14H20FNO. The number of benzene rings is 1. The first-order valence-electron chi connectivity index (χ1n) is 6.33. The molecule has 1 aliphatic rings. The van der Waals surface area contributed by atoms with Gasteiger partial charge >= 0.3 is 0 Å². The average molecular weight is 237 g/mol. The third-order valence-electron chi connectivity index (χ3n) is 3.80. The van der Waals surface area contributed by atoms with E-state index in [-0.39, 0.29) is 18.3 Å². The third kappa shape index (κ3) is 2.85. The van der Waals surface area contributed by atoms with Crippen molar-refractivity contribution in [3.63, 3.8) is 0 Å². The van der Waals surface area contributed by atoms with Crippen LogP contribution in [0.25, 0.3) is 0 Å². The molecule has 0 amide bonds. The zero-order valence-corrected chi connectivity index (χ0v) is 10.3. The first-order chi connectivity index (χ1) is 8.24. The smallest absolute Gasteiger partial charge is 0.123 e. The third-order valence-corrected chi connectivity index (χ3v) is 3.80. The largest absolute Gasteiger partial charge is 0.396 e. The lowest BCUT2D eigenvalue weighted by Crippen LogP contribution is -2.40. The van der Waals surface area contributed by atoms with Gasteiger partial charge in [-0.1, -0.05) is 19.1 Å². The Morgan fingerprint density at radius 3 is 2.65 bits per heavy atom. The summed E-state index contributed by atoms with van der Waals surface area (Å²) in [4.78, 5) is 2.36. The highest BCUT2D eigenvalue weighted by Gasteiger charge is 2.29. The van der Waals surface area contributed by atoms with Crippen LogP contribution >= 0.6 is 0 Å². The summed E-state index contributed by atoms with van der Waals surface area (Å²) >= 11 is 0. The molecule has 0 bridgehead atoms. The number of nitrogens with zero attached hydrogens (tertiary/aromatic N) is 1. The van der Waals surface area contributed by atoms with Crippen molar-refractivity contribution in [2.75, 3.05) is 26.2 Å². The maximum atomic E-state index is 12.9. The summed E-state index contributed by atoms with van der Waals surface area (Å²) in [6, 6.07) is 6.72. The van der Waals surface area contributed by atoms with Gasteiger partial charge in [0.25, 0.3) is 0 Å². The van der Waals surface area contributed by atoms with Crippen molar-refractivity contribution in [2.24, 2.45) is 5.92 Å². The van der Waals surface area contributed by atoms with Gasteiger partial charge in [0, 0.05) is 19.1 Å². The molecule has 17 heavy (non-hydrogen) atoms. The van der Waals surface area contributed by atoms with E-state index in [0.717, 1.165) is 31.6 Å². The minimum atomic E-state index is -0.194. The van der Waals surface area contributed by atoms with Crippen LogP contribution in [-0.4, -0.2) is 36.2 Å². The van der Waals surface area contributed by atoms with Crippen molar-refractivity contribution in [3.05, 3.63) is 35.6 Å². The molecule has 0 unspecified atom stereocenters. The molecule has 2 nitrogen and oxygen atoms in total. The van der Waals surface area contributed by atoms with E-state index in [1.165, 1.54) is 12.1 Å². The zero-order valence-electron chi connectivity index (χ0n) is 10.3. The molecule has 3 heteroatoms. The Labute approximate surface area is 102 Å². The van der Waals surface area contributed by atoms with Crippen molar-refractivity contribution in [1.82, 2.24) is 4.90 Å². The minimum absolute atomic E-state index is 0.194. The fraction of sp³-hybridized carbons (Fsp3) is 0.571. The predicted octanol–water partition coefficient (Wildman–Crippen LogP) is 2.24. The lowest BCUT2D eigenvalue weighted by Gasteiger charge is -2.37. The van der Waals surface area contributed by atoms with E-state index in [2.05, 4.69) is 11.8 Å². The van der Waals surface area contributed by atoms with E-state index in [0.29, 0.717) is 5.92 Å². The van der Waals surface area contributed by atoms with Gasteiger partial charge in [-0.15, -0.1) is 0 Å². The van der Waals surface area contributed by atoms with Crippen LogP contribution in [0.4, 0.5) is 4.39 Å². The Balaban J connectivity index is 2.12. The standard InChI is InChI=1S/C14H20FNO/c1-2-16-8-7-14(12(9-16)10-17)11-3-5-13(15)6-4-11/h3-6,12,14,17H,2,7-10H2,1H3/t12-,14-/m1/s1. The first kappa shape index (κ1) is 12.5. The van der Waals surface area contributed by atoms with Crippen LogP contribution in [0.15, 0.2) is 24.3 Å². The molecule has 1 aromatic rings. The molecule has 1 fully saturated rings. The molecule has 1 saturated heterocycles. The maximum absolute atomic E-state index is 12.9. The van der Waals surface area contributed by atoms with Gasteiger partial charge in [-0.3, -0.25) is 0 Å². The van der Waals surface area contributed by atoms with Gasteiger partial charge in [-0.25, -0.2) is 4.39 Å². The van der Waals surface area contributed by atoms with E-state index in [4.69, 9.17) is 0 Å². The molecule has 1 N–H and O–H groups in total. The lowest BCUT2D eigenvalue weighted by molar-refractivity contribution is 0.105. The highest BCUT2D eigenvalue weighted by molar-refractivity contribution is 5.22. The van der Waals surface area contributed by atoms with Gasteiger partial charge in [0.05, 0.1) is 0 Å². The number of piperidine rings is 1. The number of hydrogen-bond acceptors (Lipinski definition) is 2. The summed E-state index contributed by atoms with van der Waals surface area (Å²) in [5, 5.41) is 9.49. The Morgan fingerprint density at radius 2 is 2.06 bits per heavy atom. The van der Waals surface area contributed by atoms with E-state index in [9.17, 15) is 9.50 Å². The van der Waals surface area contributed by atoms with Crippen molar-refractivity contribution in [2.45, 2.75) is 19.3 Å². The van der Waals surface area contributed by atoms with Crippen molar-refractivity contribution < 1.29 is 9.50 Å². The van der Waals surface area contributed by atoms with Gasteiger partial charge in [0.15, 0.2) is 0 Å². The number of rotatable bonds is 3. The molecule has 0 radical (unpaired) electrons. The van der Waals surface area contributed by atoms with Crippen LogP contribution in [0.2, 0.25) is 0 Å². The van der Waals surface area contributed by atoms with Crippen molar-refractivity contribution in [3.8, 4) is 0 Å². The molecule has 1 aliphatic heterocycles. The average Bonchev–Trinajstić information content (AvgIpc) is 2.39. The molecule has 0 aliphatic carbocycles. The number of aliphatic hydroxyl groups is 1. The van der Waals surface area contributed by atoms with Crippen LogP contribution in [-0.2, 0) is 0 Å². The zero-order chi connectivity index (χ0) is 12.3. The summed E-state index contributed by atoms with van der Waals surface area (Å²) in [6.45, 7) is 5.39. The highest BCUT2D eigenvalue weighted by Crippen LogP contribution is 2.32. The van der Waals surface area contributed by atoms with Crippen molar-refractivity contribution in [1.29, 1.82) is 0 Å². The quantitative estimate of drug-likeness (QED) is 0.871. The van der Waals surface area contributed by atoms with Crippen molar-refractivity contribution >= 4 is 0 Å². The molecule has 1 heterocycles. The summed E-state index contributed by atoms with van der Waals surface area (Å²) < 4.78 is 12.9. The second kappa shape index (κ2) is 5.61. The molecule has 2 rings (SSSR count). The van der Waals surface area contributed by atoms with Gasteiger partial charge in [-0.2, -0.15) is 0 Å². The topological polar surface area (TPSA) is 23.5 Å². The Bertz CT molecular complexity index is 352. The molecule has 94 valence electrons. The minimum Gasteiger partial charge on any atom is -0.396 e. The summed E-state index contributed by atoms with van der Waals surface area (Å²) in [6.07, 6.45) is 1.05. The fourth-order valence-electron chi connectivity index (χ4n) is 2.73. The number of aliphatic hydroxyl groups excluding tert-OH is 1. The van der Waals surface area contributed by atoms with Crippen LogP contribution < -0.4 is 0 Å². The van der Waals surface area contributed by atoms with Gasteiger partial charge in [-0.05, 0) is 43.1 Å². The fourth-order valence-corrected chi connectivity index (χ4v) is 2.73. The SMILES string of the molecule is CCN1CC[C@H](c2ccc(F)cc2)[C@@H](CO)C1. The van der Waals surface area contributed by atoms with Crippen LogP contribution in [0.3, 0.4) is 0 Å². The van der Waals surface area contributed by atoms with Gasteiger partial charge in [0.1, 0.15) is 5.82 Å². The normalized spacial score (nSPS) is 26.1. The second-order valence-electron chi connectivity index (χ2n) is 4.78. The van der Waals surface area contributed by atoms with E-state index in [1.54, 1.807) is 0 Å². The number of likely N-dealkylation sites (tertiary alicyclic amines) is 1. The van der Waals surface area contributed by atoms with Gasteiger partial charge < -0.3 is 10.0 Å². The van der Waals surface area contributed by atoms with Gasteiger partial charge in [0.2, 0.25) is 0 Å². The summed E-state index contributed by atoms with van der Waals surface area (Å²) in [7, 11) is 0. The predicted molar refractivity (Wildman–Crippen MR) is 66.4 cm³/mol. The van der Waals surface area contributed by atoms with Crippen LogP contribution in [0.5, 0.6) is 0 Å². The Morgan fingerprint density at radius 1 is 1.35 bits per heavy atom. The molecular weight excluding hydrogens is 217 g/mol. The molecule has 1 aromatic carbocycles. The van der Waals surface area contributed by atoms with E-state index < -0.39 is 0 Å². The molecule has 0 saturated carbocycles. The molecule has 0 aromatic heterocycles. The Hall–Kier alpha value is -0.930. The monoisotopic (exact) mass is 237 g/mol. The number of hydrogen-bond donors (Lipinski definition) is 1. The molecule has 2 atom stereocenters. The van der Waals surface area contributed by atoms with E-state index in [1.807, 2.05) is 12.1 Å². The van der Waals surface area contributed by atoms with Crippen LogP contribution in [0.1, 0.15) is 24.8 Å². The highest BCUT2D eigenvalue weighted by atomic mass is 19.1.